The Kier molecular flexibility index (Phi) is 4.33. The first kappa shape index (κ1) is 13.3. The summed E-state index contributed by atoms with van der Waals surface area (Å²) in [6.07, 6.45) is 6.36. The van der Waals surface area contributed by atoms with Crippen molar-refractivity contribution in [1.82, 2.24) is 19.3 Å². The average Bonchev–Trinajstić information content (AvgIpc) is 2.81. The largest absolute Gasteiger partial charge is 0.384 e. The number of rotatable bonds is 6. The number of nitrogens with one attached hydrogen (secondary N) is 1. The molecule has 102 valence electrons. The van der Waals surface area contributed by atoms with Crippen LogP contribution in [-0.2, 0) is 13.1 Å². The van der Waals surface area contributed by atoms with Crippen LogP contribution in [0.15, 0.2) is 29.5 Å². The van der Waals surface area contributed by atoms with Crippen molar-refractivity contribution in [3.63, 3.8) is 0 Å². The van der Waals surface area contributed by atoms with Crippen LogP contribution in [0.1, 0.15) is 19.2 Å². The molecule has 6 nitrogen and oxygen atoms in total. The second-order valence-corrected chi connectivity index (χ2v) is 4.40. The van der Waals surface area contributed by atoms with Gasteiger partial charge in [-0.1, -0.05) is 6.92 Å². The summed E-state index contributed by atoms with van der Waals surface area (Å²) >= 11 is 0. The van der Waals surface area contributed by atoms with Crippen LogP contribution in [0, 0.1) is 6.92 Å². The van der Waals surface area contributed by atoms with Gasteiger partial charge in [0.15, 0.2) is 0 Å². The van der Waals surface area contributed by atoms with E-state index in [0.717, 1.165) is 24.5 Å². The first-order valence-corrected chi connectivity index (χ1v) is 6.49. The highest BCUT2D eigenvalue weighted by Gasteiger charge is 2.01. The molecule has 0 aromatic carbocycles. The summed E-state index contributed by atoms with van der Waals surface area (Å²) in [5.74, 6) is 0.939. The van der Waals surface area contributed by atoms with Gasteiger partial charge in [-0.25, -0.2) is 9.67 Å². The highest BCUT2D eigenvalue weighted by atomic mass is 16.1. The minimum Gasteiger partial charge on any atom is -0.384 e. The molecule has 0 atom stereocenters. The lowest BCUT2D eigenvalue weighted by Crippen LogP contribution is -2.24. The normalized spacial score (nSPS) is 10.6. The maximum absolute atomic E-state index is 11.9. The summed E-state index contributed by atoms with van der Waals surface area (Å²) in [6, 6.07) is 1.59. The maximum atomic E-state index is 11.9. The Balaban J connectivity index is 2.01. The minimum atomic E-state index is -0.0844. The van der Waals surface area contributed by atoms with Gasteiger partial charge in [0.1, 0.15) is 5.82 Å². The maximum Gasteiger partial charge on any atom is 0.268 e. The van der Waals surface area contributed by atoms with E-state index < -0.39 is 0 Å². The molecule has 0 spiro atoms. The van der Waals surface area contributed by atoms with Crippen LogP contribution in [0.3, 0.4) is 0 Å². The zero-order chi connectivity index (χ0) is 13.7. The van der Waals surface area contributed by atoms with Crippen LogP contribution in [-0.4, -0.2) is 25.9 Å². The molecule has 0 radical (unpaired) electrons. The Labute approximate surface area is 112 Å². The third-order valence-corrected chi connectivity index (χ3v) is 2.93. The molecule has 0 bridgehead atoms. The van der Waals surface area contributed by atoms with E-state index in [1.54, 1.807) is 18.5 Å². The van der Waals surface area contributed by atoms with Gasteiger partial charge in [0, 0.05) is 31.5 Å². The second-order valence-electron chi connectivity index (χ2n) is 4.40. The van der Waals surface area contributed by atoms with Crippen molar-refractivity contribution in [3.8, 4) is 0 Å². The predicted octanol–water partition coefficient (Wildman–Crippen LogP) is 1.27. The quantitative estimate of drug-likeness (QED) is 0.850. The smallest absolute Gasteiger partial charge is 0.268 e. The monoisotopic (exact) mass is 261 g/mol. The molecule has 0 fully saturated rings. The van der Waals surface area contributed by atoms with Crippen molar-refractivity contribution >= 4 is 5.69 Å². The summed E-state index contributed by atoms with van der Waals surface area (Å²) in [6.45, 7) is 6.10. The number of nitrogens with zero attached hydrogens (tertiary/aromatic N) is 4. The zero-order valence-corrected chi connectivity index (χ0v) is 11.3. The van der Waals surface area contributed by atoms with Crippen LogP contribution in [0.5, 0.6) is 0 Å². The molecule has 0 aliphatic heterocycles. The molecule has 0 unspecified atom stereocenters. The summed E-state index contributed by atoms with van der Waals surface area (Å²) < 4.78 is 3.47. The topological polar surface area (TPSA) is 64.7 Å². The van der Waals surface area contributed by atoms with E-state index in [2.05, 4.69) is 22.3 Å². The van der Waals surface area contributed by atoms with Gasteiger partial charge in [-0.05, 0) is 13.3 Å². The fourth-order valence-electron chi connectivity index (χ4n) is 1.81. The number of hydrogen-bond acceptors (Lipinski definition) is 4. The van der Waals surface area contributed by atoms with E-state index in [1.165, 1.54) is 4.68 Å². The molecule has 0 saturated carbocycles. The van der Waals surface area contributed by atoms with Gasteiger partial charge in [0.05, 0.1) is 18.4 Å². The molecule has 2 rings (SSSR count). The SMILES string of the molecule is CCCNc1cnn(CCn2ccnc2C)c(=O)c1. The van der Waals surface area contributed by atoms with E-state index in [9.17, 15) is 4.79 Å². The molecule has 0 aliphatic rings. The van der Waals surface area contributed by atoms with E-state index in [1.807, 2.05) is 17.7 Å². The number of aryl methyl sites for hydroxylation is 3. The predicted molar refractivity (Wildman–Crippen MR) is 74.2 cm³/mol. The Morgan fingerprint density at radius 2 is 2.21 bits per heavy atom. The third kappa shape index (κ3) is 3.43. The van der Waals surface area contributed by atoms with Crippen LogP contribution >= 0.6 is 0 Å². The molecule has 19 heavy (non-hydrogen) atoms. The van der Waals surface area contributed by atoms with Gasteiger partial charge in [-0.2, -0.15) is 5.10 Å². The third-order valence-electron chi connectivity index (χ3n) is 2.93. The van der Waals surface area contributed by atoms with Gasteiger partial charge in [-0.3, -0.25) is 4.79 Å². The molecule has 0 amide bonds. The highest BCUT2D eigenvalue weighted by molar-refractivity contribution is 5.38. The fourth-order valence-corrected chi connectivity index (χ4v) is 1.81. The molecule has 0 saturated heterocycles. The van der Waals surface area contributed by atoms with Crippen molar-refractivity contribution in [3.05, 3.63) is 40.8 Å². The number of aromatic nitrogens is 4. The van der Waals surface area contributed by atoms with E-state index >= 15 is 0 Å². The van der Waals surface area contributed by atoms with Gasteiger partial charge in [-0.15, -0.1) is 0 Å². The first-order chi connectivity index (χ1) is 9.20. The van der Waals surface area contributed by atoms with Crippen molar-refractivity contribution in [2.45, 2.75) is 33.4 Å². The van der Waals surface area contributed by atoms with Crippen molar-refractivity contribution in [1.29, 1.82) is 0 Å². The molecule has 6 heteroatoms. The van der Waals surface area contributed by atoms with Gasteiger partial charge < -0.3 is 9.88 Å². The second kappa shape index (κ2) is 6.17. The summed E-state index contributed by atoms with van der Waals surface area (Å²) in [5, 5.41) is 7.32. The van der Waals surface area contributed by atoms with Crippen LogP contribution < -0.4 is 10.9 Å². The van der Waals surface area contributed by atoms with Gasteiger partial charge >= 0.3 is 0 Å². The van der Waals surface area contributed by atoms with Gasteiger partial charge in [0.25, 0.3) is 5.56 Å². The van der Waals surface area contributed by atoms with E-state index in [0.29, 0.717) is 13.1 Å². The van der Waals surface area contributed by atoms with Crippen molar-refractivity contribution < 1.29 is 0 Å². The minimum absolute atomic E-state index is 0.0844. The fraction of sp³-hybridized carbons (Fsp3) is 0.462. The Bertz CT molecular complexity index is 587. The van der Waals surface area contributed by atoms with Gasteiger partial charge in [0.2, 0.25) is 0 Å². The summed E-state index contributed by atoms with van der Waals surface area (Å²) in [4.78, 5) is 16.0. The molecule has 0 aliphatic carbocycles. The lowest BCUT2D eigenvalue weighted by atomic mass is 10.4. The van der Waals surface area contributed by atoms with Crippen LogP contribution in [0.25, 0.3) is 0 Å². The molecular weight excluding hydrogens is 242 g/mol. The lowest BCUT2D eigenvalue weighted by Gasteiger charge is -2.08. The summed E-state index contributed by atoms with van der Waals surface area (Å²) in [5.41, 5.74) is 0.695. The van der Waals surface area contributed by atoms with E-state index in [-0.39, 0.29) is 5.56 Å². The van der Waals surface area contributed by atoms with Crippen molar-refractivity contribution in [2.24, 2.45) is 0 Å². The molecule has 1 N–H and O–H groups in total. The van der Waals surface area contributed by atoms with E-state index in [4.69, 9.17) is 0 Å². The Morgan fingerprint density at radius 1 is 1.37 bits per heavy atom. The number of imidazole rings is 1. The standard InChI is InChI=1S/C13H19N5O/c1-3-4-15-12-9-13(19)18(16-10-12)8-7-17-6-5-14-11(17)2/h5-6,9-10,15H,3-4,7-8H2,1-2H3. The first-order valence-electron chi connectivity index (χ1n) is 6.49. The Hall–Kier alpha value is -2.11. The zero-order valence-electron chi connectivity index (χ0n) is 11.3. The van der Waals surface area contributed by atoms with Crippen LogP contribution in [0.4, 0.5) is 5.69 Å². The van der Waals surface area contributed by atoms with Crippen LogP contribution in [0.2, 0.25) is 0 Å². The lowest BCUT2D eigenvalue weighted by molar-refractivity contribution is 0.505. The Morgan fingerprint density at radius 3 is 2.84 bits per heavy atom. The molecule has 2 heterocycles. The highest BCUT2D eigenvalue weighted by Crippen LogP contribution is 2.00. The molecule has 2 aromatic heterocycles. The average molecular weight is 261 g/mol. The number of hydrogen-bond donors (Lipinski definition) is 1. The molecular formula is C13H19N5O. The molecule has 2 aromatic rings. The number of anilines is 1. The summed E-state index contributed by atoms with van der Waals surface area (Å²) in [7, 11) is 0. The van der Waals surface area contributed by atoms with Crippen molar-refractivity contribution in [2.75, 3.05) is 11.9 Å².